The lowest BCUT2D eigenvalue weighted by atomic mass is 10.1. The monoisotopic (exact) mass is 248 g/mol. The zero-order valence-electron chi connectivity index (χ0n) is 11.0. The summed E-state index contributed by atoms with van der Waals surface area (Å²) in [5.74, 6) is 0.000768. The minimum absolute atomic E-state index is 0.000768. The molecule has 98 valence electrons. The Bertz CT molecular complexity index is 439. The molecule has 1 aromatic rings. The molecule has 1 heterocycles. The second-order valence-electron chi connectivity index (χ2n) is 4.84. The lowest BCUT2D eigenvalue weighted by Gasteiger charge is -2.23. The third-order valence-electron chi connectivity index (χ3n) is 3.36. The smallest absolute Gasteiger partial charge is 0.161 e. The molecule has 1 unspecified atom stereocenters. The topological polar surface area (TPSA) is 55.6 Å². The first-order chi connectivity index (χ1) is 8.58. The van der Waals surface area contributed by atoms with E-state index in [1.807, 2.05) is 19.2 Å². The summed E-state index contributed by atoms with van der Waals surface area (Å²) in [4.78, 5) is 13.4. The molecule has 2 rings (SSSR count). The molecule has 0 bridgehead atoms. The minimum atomic E-state index is 0.000768. The SMILES string of the molecule is CC(=O)c1ccc(N(C)CC2CCCO2)cc1N. The molecule has 0 spiro atoms. The van der Waals surface area contributed by atoms with Gasteiger partial charge < -0.3 is 15.4 Å². The molecular formula is C14H20N2O2. The number of rotatable bonds is 4. The maximum Gasteiger partial charge on any atom is 0.161 e. The van der Waals surface area contributed by atoms with Crippen molar-refractivity contribution in [2.75, 3.05) is 30.8 Å². The Hall–Kier alpha value is -1.55. The number of benzene rings is 1. The van der Waals surface area contributed by atoms with Crippen LogP contribution in [0.15, 0.2) is 18.2 Å². The molecule has 0 aromatic heterocycles. The molecule has 0 saturated carbocycles. The van der Waals surface area contributed by atoms with Crippen molar-refractivity contribution in [3.63, 3.8) is 0 Å². The number of carbonyl (C=O) groups is 1. The summed E-state index contributed by atoms with van der Waals surface area (Å²) >= 11 is 0. The van der Waals surface area contributed by atoms with Crippen molar-refractivity contribution in [3.05, 3.63) is 23.8 Å². The molecule has 0 amide bonds. The van der Waals surface area contributed by atoms with E-state index in [0.29, 0.717) is 17.4 Å². The minimum Gasteiger partial charge on any atom is -0.398 e. The van der Waals surface area contributed by atoms with E-state index in [1.165, 1.54) is 6.92 Å². The van der Waals surface area contributed by atoms with Gasteiger partial charge in [-0.05, 0) is 38.0 Å². The zero-order valence-corrected chi connectivity index (χ0v) is 11.0. The number of carbonyl (C=O) groups excluding carboxylic acids is 1. The van der Waals surface area contributed by atoms with Gasteiger partial charge >= 0.3 is 0 Å². The molecule has 1 atom stereocenters. The number of Topliss-reactive ketones (excluding diaryl/α,β-unsaturated/α-hetero) is 1. The second-order valence-corrected chi connectivity index (χ2v) is 4.84. The number of hydrogen-bond donors (Lipinski definition) is 1. The van der Waals surface area contributed by atoms with Crippen molar-refractivity contribution in [3.8, 4) is 0 Å². The Labute approximate surface area is 108 Å². The molecule has 4 nitrogen and oxygen atoms in total. The van der Waals surface area contributed by atoms with Crippen molar-refractivity contribution < 1.29 is 9.53 Å². The fourth-order valence-electron chi connectivity index (χ4n) is 2.31. The van der Waals surface area contributed by atoms with Crippen molar-refractivity contribution in [1.82, 2.24) is 0 Å². The van der Waals surface area contributed by atoms with Gasteiger partial charge in [-0.2, -0.15) is 0 Å². The van der Waals surface area contributed by atoms with Gasteiger partial charge in [-0.3, -0.25) is 4.79 Å². The summed E-state index contributed by atoms with van der Waals surface area (Å²) in [5.41, 5.74) is 8.04. The van der Waals surface area contributed by atoms with Crippen molar-refractivity contribution in [2.24, 2.45) is 0 Å². The fourth-order valence-corrected chi connectivity index (χ4v) is 2.31. The van der Waals surface area contributed by atoms with Crippen LogP contribution in [0, 0.1) is 0 Å². The highest BCUT2D eigenvalue weighted by Gasteiger charge is 2.18. The third kappa shape index (κ3) is 2.82. The summed E-state index contributed by atoms with van der Waals surface area (Å²) in [6, 6.07) is 5.58. The van der Waals surface area contributed by atoms with Crippen molar-refractivity contribution in [2.45, 2.75) is 25.9 Å². The normalized spacial score (nSPS) is 18.9. The molecule has 18 heavy (non-hydrogen) atoms. The van der Waals surface area contributed by atoms with Crippen molar-refractivity contribution >= 4 is 17.2 Å². The average Bonchev–Trinajstić information content (AvgIpc) is 2.81. The van der Waals surface area contributed by atoms with E-state index in [0.717, 1.165) is 31.7 Å². The molecule has 1 aliphatic heterocycles. The zero-order chi connectivity index (χ0) is 13.1. The first-order valence-electron chi connectivity index (χ1n) is 6.31. The second kappa shape index (κ2) is 5.40. The highest BCUT2D eigenvalue weighted by molar-refractivity contribution is 5.99. The molecule has 0 radical (unpaired) electrons. The van der Waals surface area contributed by atoms with Crippen LogP contribution in [-0.4, -0.2) is 32.1 Å². The van der Waals surface area contributed by atoms with Crippen LogP contribution in [0.4, 0.5) is 11.4 Å². The molecule has 2 N–H and O–H groups in total. The van der Waals surface area contributed by atoms with Crippen LogP contribution in [0.5, 0.6) is 0 Å². The number of likely N-dealkylation sites (N-methyl/N-ethyl adjacent to an activating group) is 1. The van der Waals surface area contributed by atoms with Gasteiger partial charge in [0.1, 0.15) is 0 Å². The predicted molar refractivity (Wildman–Crippen MR) is 73.1 cm³/mol. The van der Waals surface area contributed by atoms with Gasteiger partial charge in [0.2, 0.25) is 0 Å². The van der Waals surface area contributed by atoms with Gasteiger partial charge in [0, 0.05) is 37.1 Å². The number of ketones is 1. The van der Waals surface area contributed by atoms with E-state index in [1.54, 1.807) is 6.07 Å². The van der Waals surface area contributed by atoms with Crippen LogP contribution in [0.2, 0.25) is 0 Å². The predicted octanol–water partition coefficient (Wildman–Crippen LogP) is 2.09. The van der Waals surface area contributed by atoms with Crippen LogP contribution in [-0.2, 0) is 4.74 Å². The summed E-state index contributed by atoms with van der Waals surface area (Å²) in [7, 11) is 2.02. The van der Waals surface area contributed by atoms with Gasteiger partial charge in [-0.15, -0.1) is 0 Å². The average molecular weight is 248 g/mol. The van der Waals surface area contributed by atoms with Gasteiger partial charge in [0.15, 0.2) is 5.78 Å². The number of hydrogen-bond acceptors (Lipinski definition) is 4. The number of anilines is 2. The highest BCUT2D eigenvalue weighted by atomic mass is 16.5. The lowest BCUT2D eigenvalue weighted by molar-refractivity contribution is 0.101. The molecule has 1 fully saturated rings. The first kappa shape index (κ1) is 12.9. The number of nitrogens with two attached hydrogens (primary N) is 1. The van der Waals surface area contributed by atoms with E-state index in [4.69, 9.17) is 10.5 Å². The summed E-state index contributed by atoms with van der Waals surface area (Å²) in [6.07, 6.45) is 2.57. The third-order valence-corrected chi connectivity index (χ3v) is 3.36. The largest absolute Gasteiger partial charge is 0.398 e. The van der Waals surface area contributed by atoms with Gasteiger partial charge in [-0.1, -0.05) is 0 Å². The molecule has 1 aromatic carbocycles. The first-order valence-corrected chi connectivity index (χ1v) is 6.31. The van der Waals surface area contributed by atoms with Crippen LogP contribution < -0.4 is 10.6 Å². The Morgan fingerprint density at radius 1 is 1.56 bits per heavy atom. The highest BCUT2D eigenvalue weighted by Crippen LogP contribution is 2.23. The number of nitrogens with zero attached hydrogens (tertiary/aromatic N) is 1. The van der Waals surface area contributed by atoms with E-state index in [-0.39, 0.29) is 5.78 Å². The molecule has 0 aliphatic carbocycles. The summed E-state index contributed by atoms with van der Waals surface area (Å²) in [6.45, 7) is 3.25. The molecule has 1 aliphatic rings. The Morgan fingerprint density at radius 3 is 2.89 bits per heavy atom. The van der Waals surface area contributed by atoms with E-state index in [2.05, 4.69) is 4.90 Å². The number of ether oxygens (including phenoxy) is 1. The van der Waals surface area contributed by atoms with Crippen molar-refractivity contribution in [1.29, 1.82) is 0 Å². The standard InChI is InChI=1S/C14H20N2O2/c1-10(17)13-6-5-11(8-14(13)15)16(2)9-12-4-3-7-18-12/h5-6,8,12H,3-4,7,9,15H2,1-2H3. The Kier molecular flexibility index (Phi) is 3.87. The lowest BCUT2D eigenvalue weighted by Crippen LogP contribution is -2.28. The van der Waals surface area contributed by atoms with E-state index < -0.39 is 0 Å². The molecule has 4 heteroatoms. The summed E-state index contributed by atoms with van der Waals surface area (Å²) in [5, 5.41) is 0. The Morgan fingerprint density at radius 2 is 2.33 bits per heavy atom. The molecular weight excluding hydrogens is 228 g/mol. The van der Waals surface area contributed by atoms with Crippen LogP contribution in [0.3, 0.4) is 0 Å². The van der Waals surface area contributed by atoms with Crippen LogP contribution in [0.25, 0.3) is 0 Å². The van der Waals surface area contributed by atoms with Gasteiger partial charge in [0.05, 0.1) is 6.10 Å². The Balaban J connectivity index is 2.08. The molecule has 1 saturated heterocycles. The van der Waals surface area contributed by atoms with Gasteiger partial charge in [0.25, 0.3) is 0 Å². The number of nitrogen functional groups attached to an aromatic ring is 1. The van der Waals surface area contributed by atoms with Gasteiger partial charge in [-0.25, -0.2) is 0 Å². The fraction of sp³-hybridized carbons (Fsp3) is 0.500. The van der Waals surface area contributed by atoms with Crippen LogP contribution in [0.1, 0.15) is 30.1 Å². The quantitative estimate of drug-likeness (QED) is 0.655. The maximum absolute atomic E-state index is 11.3. The summed E-state index contributed by atoms with van der Waals surface area (Å²) < 4.78 is 5.61. The van der Waals surface area contributed by atoms with E-state index >= 15 is 0 Å². The van der Waals surface area contributed by atoms with Crippen LogP contribution >= 0.6 is 0 Å². The van der Waals surface area contributed by atoms with E-state index in [9.17, 15) is 4.79 Å². The maximum atomic E-state index is 11.3.